The van der Waals surface area contributed by atoms with E-state index >= 15 is 0 Å². The summed E-state index contributed by atoms with van der Waals surface area (Å²) in [5.74, 6) is -5.12. The van der Waals surface area contributed by atoms with Crippen molar-refractivity contribution in [2.75, 3.05) is 39.6 Å². The van der Waals surface area contributed by atoms with Crippen LogP contribution in [0.25, 0.3) is 0 Å². The van der Waals surface area contributed by atoms with Gasteiger partial charge in [0.15, 0.2) is 11.6 Å². The lowest BCUT2D eigenvalue weighted by atomic mass is 9.60. The van der Waals surface area contributed by atoms with Gasteiger partial charge in [0.25, 0.3) is 5.91 Å². The number of ketones is 2. The SMILES string of the molecule is CC(C)CNCc1cc(N(C)C)c2c(c1O)C(=O)C1=C(O)C3C(=O)C(C(N)=O)=C(O)[C@@H](N(C)C)C3CC1C2. The van der Waals surface area contributed by atoms with Gasteiger partial charge in [-0.1, -0.05) is 13.8 Å². The van der Waals surface area contributed by atoms with Gasteiger partial charge < -0.3 is 31.3 Å². The number of anilines is 1. The molecule has 1 aromatic carbocycles. The van der Waals surface area contributed by atoms with Crippen LogP contribution < -0.4 is 16.0 Å². The second-order valence-electron chi connectivity index (χ2n) is 11.5. The van der Waals surface area contributed by atoms with Crippen LogP contribution in [0.1, 0.15) is 41.8 Å². The monoisotopic (exact) mass is 526 g/mol. The number of nitrogens with two attached hydrogens (primary N) is 1. The number of nitrogens with one attached hydrogen (secondary N) is 1. The lowest BCUT2D eigenvalue weighted by Crippen LogP contribution is -2.53. The number of carbonyl (C=O) groups is 3. The number of amides is 1. The maximum Gasteiger partial charge on any atom is 0.255 e. The zero-order valence-corrected chi connectivity index (χ0v) is 22.8. The molecular weight excluding hydrogens is 488 g/mol. The Labute approximate surface area is 222 Å². The summed E-state index contributed by atoms with van der Waals surface area (Å²) in [5.41, 5.74) is 7.17. The minimum atomic E-state index is -1.19. The first kappa shape index (κ1) is 27.7. The minimum absolute atomic E-state index is 0.0853. The number of allylic oxidation sites excluding steroid dienone is 2. The molecule has 0 fully saturated rings. The Bertz CT molecular complexity index is 1260. The van der Waals surface area contributed by atoms with Gasteiger partial charge in [0.2, 0.25) is 0 Å². The number of benzene rings is 1. The predicted molar refractivity (Wildman–Crippen MR) is 143 cm³/mol. The second kappa shape index (κ2) is 10.1. The Morgan fingerprint density at radius 2 is 1.79 bits per heavy atom. The third-order valence-corrected chi connectivity index (χ3v) is 7.97. The molecule has 38 heavy (non-hydrogen) atoms. The van der Waals surface area contributed by atoms with Gasteiger partial charge in [-0.3, -0.25) is 19.3 Å². The molecule has 0 spiro atoms. The fourth-order valence-corrected chi connectivity index (χ4v) is 6.40. The van der Waals surface area contributed by atoms with Crippen LogP contribution in [0.5, 0.6) is 5.75 Å². The van der Waals surface area contributed by atoms with Crippen LogP contribution in [-0.2, 0) is 22.6 Å². The third kappa shape index (κ3) is 4.35. The van der Waals surface area contributed by atoms with Crippen LogP contribution in [-0.4, -0.2) is 78.5 Å². The number of aliphatic hydroxyl groups is 2. The molecule has 4 atom stereocenters. The lowest BCUT2D eigenvalue weighted by Gasteiger charge is -2.46. The van der Waals surface area contributed by atoms with E-state index in [1.165, 1.54) is 0 Å². The van der Waals surface area contributed by atoms with Crippen molar-refractivity contribution < 1.29 is 29.7 Å². The maximum atomic E-state index is 14.0. The number of nitrogens with zero attached hydrogens (tertiary/aromatic N) is 2. The quantitative estimate of drug-likeness (QED) is 0.334. The Kier molecular flexibility index (Phi) is 7.33. The van der Waals surface area contributed by atoms with E-state index in [1.54, 1.807) is 19.0 Å². The van der Waals surface area contributed by atoms with E-state index in [-0.39, 0.29) is 16.9 Å². The molecule has 6 N–H and O–H groups in total. The van der Waals surface area contributed by atoms with E-state index in [2.05, 4.69) is 19.2 Å². The average Bonchev–Trinajstić information content (AvgIpc) is 2.79. The number of carbonyl (C=O) groups excluding carboxylic acids is 3. The van der Waals surface area contributed by atoms with Crippen LogP contribution >= 0.6 is 0 Å². The fourth-order valence-electron chi connectivity index (χ4n) is 6.40. The molecule has 3 unspecified atom stereocenters. The zero-order valence-electron chi connectivity index (χ0n) is 22.8. The summed E-state index contributed by atoms with van der Waals surface area (Å²) in [6.45, 7) is 5.24. The van der Waals surface area contributed by atoms with Crippen LogP contribution in [0, 0.1) is 23.7 Å². The van der Waals surface area contributed by atoms with Crippen LogP contribution in [0.15, 0.2) is 28.7 Å². The largest absolute Gasteiger partial charge is 0.511 e. The standard InChI is InChI=1S/C28H38N4O6/c1-12(2)10-30-11-14-9-17(31(3)4)15-7-13-8-16-20(25(35)18(13)24(34)19(15)23(14)33)26(36)21(28(29)38)27(37)22(16)32(5)6/h9,12-13,16,20,22,30,33,35,37H,7-8,10-11H2,1-6H3,(H2,29,38)/t13?,16?,20?,22-/m0/s1. The molecule has 4 rings (SSSR count). The Balaban J connectivity index is 1.86. The van der Waals surface area contributed by atoms with Crippen molar-refractivity contribution >= 4 is 23.2 Å². The van der Waals surface area contributed by atoms with Gasteiger partial charge in [-0.05, 0) is 62.9 Å². The molecule has 3 aliphatic rings. The number of fused-ring (bicyclic) bond motifs is 3. The summed E-state index contributed by atoms with van der Waals surface area (Å²) in [6.07, 6.45) is 0.692. The maximum absolute atomic E-state index is 14.0. The molecule has 0 radical (unpaired) electrons. The van der Waals surface area contributed by atoms with Crippen LogP contribution in [0.4, 0.5) is 5.69 Å². The van der Waals surface area contributed by atoms with Gasteiger partial charge in [0.05, 0.1) is 17.5 Å². The summed E-state index contributed by atoms with van der Waals surface area (Å²) in [6, 6.07) is 1.15. The van der Waals surface area contributed by atoms with E-state index in [1.807, 2.05) is 25.1 Å². The van der Waals surface area contributed by atoms with Gasteiger partial charge in [0, 0.05) is 37.5 Å². The number of phenols is 1. The molecule has 1 amide bonds. The van der Waals surface area contributed by atoms with Crippen LogP contribution in [0.2, 0.25) is 0 Å². The average molecular weight is 527 g/mol. The normalized spacial score (nSPS) is 25.1. The highest BCUT2D eigenvalue weighted by atomic mass is 16.3. The number of likely N-dealkylation sites (N-methyl/N-ethyl adjacent to an activating group) is 1. The first-order valence-corrected chi connectivity index (χ1v) is 12.9. The second-order valence-corrected chi connectivity index (χ2v) is 11.5. The Morgan fingerprint density at radius 1 is 1.13 bits per heavy atom. The van der Waals surface area contributed by atoms with Gasteiger partial charge in [-0.15, -0.1) is 0 Å². The highest BCUT2D eigenvalue weighted by Gasteiger charge is 2.54. The lowest BCUT2D eigenvalue weighted by molar-refractivity contribution is -0.127. The van der Waals surface area contributed by atoms with E-state index < -0.39 is 58.4 Å². The number of hydrogen-bond donors (Lipinski definition) is 5. The predicted octanol–water partition coefficient (Wildman–Crippen LogP) is 1.82. The van der Waals surface area contributed by atoms with E-state index in [4.69, 9.17) is 5.73 Å². The van der Waals surface area contributed by atoms with Crippen molar-refractivity contribution in [3.05, 3.63) is 45.4 Å². The smallest absolute Gasteiger partial charge is 0.255 e. The Morgan fingerprint density at radius 3 is 2.34 bits per heavy atom. The van der Waals surface area contributed by atoms with Crippen molar-refractivity contribution in [2.24, 2.45) is 29.4 Å². The van der Waals surface area contributed by atoms with Crippen molar-refractivity contribution in [1.29, 1.82) is 0 Å². The first-order valence-electron chi connectivity index (χ1n) is 12.9. The molecule has 0 heterocycles. The number of Topliss-reactive ketones (excluding diaryl/α,β-unsaturated/α-hetero) is 2. The topological polar surface area (TPSA) is 156 Å². The summed E-state index contributed by atoms with van der Waals surface area (Å²) >= 11 is 0. The summed E-state index contributed by atoms with van der Waals surface area (Å²) < 4.78 is 0. The zero-order chi connectivity index (χ0) is 28.2. The number of hydrogen-bond acceptors (Lipinski definition) is 9. The van der Waals surface area contributed by atoms with Gasteiger partial charge >= 0.3 is 0 Å². The molecule has 0 saturated carbocycles. The van der Waals surface area contributed by atoms with Crippen molar-refractivity contribution in [2.45, 2.75) is 39.3 Å². The third-order valence-electron chi connectivity index (χ3n) is 7.97. The van der Waals surface area contributed by atoms with Crippen LogP contribution in [0.3, 0.4) is 0 Å². The molecule has 0 bridgehead atoms. The molecule has 10 nitrogen and oxygen atoms in total. The number of rotatable bonds is 7. The van der Waals surface area contributed by atoms with E-state index in [0.29, 0.717) is 36.4 Å². The van der Waals surface area contributed by atoms with E-state index in [0.717, 1.165) is 12.2 Å². The summed E-state index contributed by atoms with van der Waals surface area (Å²) in [5, 5.41) is 36.9. The van der Waals surface area contributed by atoms with Crippen molar-refractivity contribution in [3.63, 3.8) is 0 Å². The number of aromatic hydroxyl groups is 1. The van der Waals surface area contributed by atoms with Crippen molar-refractivity contribution in [3.8, 4) is 5.75 Å². The Hall–Kier alpha value is -3.37. The molecule has 0 saturated heterocycles. The molecule has 206 valence electrons. The highest BCUT2D eigenvalue weighted by molar-refractivity contribution is 6.22. The minimum Gasteiger partial charge on any atom is -0.511 e. The van der Waals surface area contributed by atoms with Gasteiger partial charge in [-0.2, -0.15) is 0 Å². The number of phenolic OH excluding ortho intramolecular Hbond substituents is 1. The van der Waals surface area contributed by atoms with Gasteiger partial charge in [-0.25, -0.2) is 0 Å². The molecule has 0 aliphatic heterocycles. The molecule has 1 aromatic rings. The number of aliphatic hydroxyl groups excluding tert-OH is 2. The van der Waals surface area contributed by atoms with Gasteiger partial charge in [0.1, 0.15) is 22.8 Å². The number of primary amides is 1. The first-order chi connectivity index (χ1) is 17.8. The highest BCUT2D eigenvalue weighted by Crippen LogP contribution is 2.51. The summed E-state index contributed by atoms with van der Waals surface area (Å²) in [7, 11) is 7.17. The molecule has 0 aromatic heterocycles. The molecular formula is C28H38N4O6. The fraction of sp³-hybridized carbons (Fsp3) is 0.536. The van der Waals surface area contributed by atoms with E-state index in [9.17, 15) is 29.7 Å². The summed E-state index contributed by atoms with van der Waals surface area (Å²) in [4.78, 5) is 43.0. The van der Waals surface area contributed by atoms with Crippen molar-refractivity contribution in [1.82, 2.24) is 10.2 Å². The molecule has 3 aliphatic carbocycles. The molecule has 10 heteroatoms.